The first-order valence-electron chi connectivity index (χ1n) is 8.13. The molecule has 1 aromatic carbocycles. The van der Waals surface area contributed by atoms with Gasteiger partial charge in [0, 0.05) is 46.9 Å². The highest BCUT2D eigenvalue weighted by Crippen LogP contribution is 2.42. The summed E-state index contributed by atoms with van der Waals surface area (Å²) >= 11 is 6.64. The van der Waals surface area contributed by atoms with E-state index in [1.54, 1.807) is 0 Å². The highest BCUT2D eigenvalue weighted by atomic mass is 32.2. The van der Waals surface area contributed by atoms with E-state index in [0.717, 1.165) is 53.5 Å². The fourth-order valence-electron chi connectivity index (χ4n) is 3.12. The van der Waals surface area contributed by atoms with Crippen LogP contribution >= 0.6 is 24.4 Å². The Morgan fingerprint density at radius 2 is 2.21 bits per heavy atom. The standard InChI is InChI=1S/C15H20N6OS2/c22-9-2-1-5-21(8-9)11-3-4-12(24-10-6-16-7-10)14(23)13(11)15-17-19-20-18-15/h3-4,9-10,16,22-23H,1-2,5-8H2,(H,17,18,19,20). The largest absolute Gasteiger partial charge is 0.391 e. The van der Waals surface area contributed by atoms with Crippen LogP contribution in [0.2, 0.25) is 0 Å². The van der Waals surface area contributed by atoms with Crippen LogP contribution in [-0.4, -0.2) is 63.3 Å². The summed E-state index contributed by atoms with van der Waals surface area (Å²) in [6.07, 6.45) is 1.53. The van der Waals surface area contributed by atoms with Crippen LogP contribution < -0.4 is 10.2 Å². The Hall–Kier alpha value is -1.29. The van der Waals surface area contributed by atoms with Gasteiger partial charge in [-0.3, -0.25) is 0 Å². The summed E-state index contributed by atoms with van der Waals surface area (Å²) in [6, 6.07) is 4.22. The number of piperidine rings is 1. The maximum absolute atomic E-state index is 10.0. The van der Waals surface area contributed by atoms with E-state index in [1.165, 1.54) is 0 Å². The number of nitrogens with one attached hydrogen (secondary N) is 2. The Kier molecular flexibility index (Phi) is 4.66. The first-order chi connectivity index (χ1) is 11.7. The highest BCUT2D eigenvalue weighted by Gasteiger charge is 2.26. The third kappa shape index (κ3) is 3.13. The molecule has 1 unspecified atom stereocenters. The highest BCUT2D eigenvalue weighted by molar-refractivity contribution is 8.00. The number of H-pyrrole nitrogens is 1. The van der Waals surface area contributed by atoms with Gasteiger partial charge in [0.1, 0.15) is 0 Å². The molecule has 7 nitrogen and oxygen atoms in total. The zero-order valence-corrected chi connectivity index (χ0v) is 14.9. The molecule has 0 saturated carbocycles. The number of β-amino-alcohol motifs (C(OH)–C–C–N with tert-alkyl or cyclic N) is 1. The lowest BCUT2D eigenvalue weighted by molar-refractivity contribution is 0.154. The van der Waals surface area contributed by atoms with E-state index < -0.39 is 0 Å². The van der Waals surface area contributed by atoms with Crippen molar-refractivity contribution in [1.82, 2.24) is 25.9 Å². The third-order valence-electron chi connectivity index (χ3n) is 4.48. The van der Waals surface area contributed by atoms with Crippen molar-refractivity contribution in [2.45, 2.75) is 34.0 Å². The molecular weight excluding hydrogens is 344 g/mol. The number of thioether (sulfide) groups is 1. The van der Waals surface area contributed by atoms with Crippen LogP contribution in [0.25, 0.3) is 11.4 Å². The fourth-order valence-corrected chi connectivity index (χ4v) is 4.69. The van der Waals surface area contributed by atoms with Gasteiger partial charge in [-0.2, -0.15) is 0 Å². The zero-order valence-electron chi connectivity index (χ0n) is 13.1. The molecule has 0 bridgehead atoms. The Balaban J connectivity index is 1.73. The number of aliphatic hydroxyl groups excluding tert-OH is 1. The van der Waals surface area contributed by atoms with Crippen LogP contribution in [0.4, 0.5) is 5.69 Å². The van der Waals surface area contributed by atoms with Crippen LogP contribution in [0.1, 0.15) is 12.8 Å². The Labute approximate surface area is 150 Å². The number of aliphatic hydroxyl groups is 1. The van der Waals surface area contributed by atoms with Crippen LogP contribution in [0.15, 0.2) is 21.9 Å². The van der Waals surface area contributed by atoms with Gasteiger partial charge < -0.3 is 15.3 Å². The number of nitrogens with zero attached hydrogens (tertiary/aromatic N) is 4. The summed E-state index contributed by atoms with van der Waals surface area (Å²) in [5.41, 5.74) is 1.93. The van der Waals surface area contributed by atoms with Crippen LogP contribution in [-0.2, 0) is 0 Å². The van der Waals surface area contributed by atoms with Gasteiger partial charge in [-0.15, -0.1) is 29.5 Å². The van der Waals surface area contributed by atoms with Crippen LogP contribution in [0, 0.1) is 0 Å². The molecule has 2 aromatic rings. The maximum Gasteiger partial charge on any atom is 0.182 e. The van der Waals surface area contributed by atoms with E-state index in [9.17, 15) is 5.11 Å². The predicted molar refractivity (Wildman–Crippen MR) is 96.8 cm³/mol. The molecule has 0 amide bonds. The number of benzene rings is 1. The van der Waals surface area contributed by atoms with Crippen molar-refractivity contribution in [1.29, 1.82) is 0 Å². The number of rotatable bonds is 4. The molecule has 24 heavy (non-hydrogen) atoms. The average Bonchev–Trinajstić information content (AvgIpc) is 3.05. The van der Waals surface area contributed by atoms with E-state index in [4.69, 9.17) is 12.6 Å². The van der Waals surface area contributed by atoms with Gasteiger partial charge in [0.15, 0.2) is 5.82 Å². The topological polar surface area (TPSA) is 90.0 Å². The lowest BCUT2D eigenvalue weighted by atomic mass is 10.0. The van der Waals surface area contributed by atoms with Gasteiger partial charge in [-0.1, -0.05) is 0 Å². The molecule has 2 fully saturated rings. The molecule has 1 atom stereocenters. The summed E-state index contributed by atoms with van der Waals surface area (Å²) in [5, 5.41) is 28.3. The van der Waals surface area contributed by atoms with Gasteiger partial charge in [-0.05, 0) is 35.4 Å². The summed E-state index contributed by atoms with van der Waals surface area (Å²) in [6.45, 7) is 3.59. The molecule has 128 valence electrons. The summed E-state index contributed by atoms with van der Waals surface area (Å²) in [7, 11) is 0. The van der Waals surface area contributed by atoms with Crippen molar-refractivity contribution in [3.05, 3.63) is 12.1 Å². The minimum Gasteiger partial charge on any atom is -0.391 e. The number of aromatic nitrogens is 4. The molecule has 9 heteroatoms. The smallest absolute Gasteiger partial charge is 0.182 e. The van der Waals surface area contributed by atoms with E-state index >= 15 is 0 Å². The maximum atomic E-state index is 10.0. The first-order valence-corrected chi connectivity index (χ1v) is 9.45. The quantitative estimate of drug-likeness (QED) is 0.606. The summed E-state index contributed by atoms with van der Waals surface area (Å²) < 4.78 is 0. The number of hydrogen-bond acceptors (Lipinski definition) is 8. The van der Waals surface area contributed by atoms with Crippen molar-refractivity contribution in [3.63, 3.8) is 0 Å². The van der Waals surface area contributed by atoms with Gasteiger partial charge in [-0.25, -0.2) is 5.10 Å². The Morgan fingerprint density at radius 3 is 2.88 bits per heavy atom. The monoisotopic (exact) mass is 364 g/mol. The SMILES string of the molecule is OC1CCCN(c2ccc(SC3CNC3)c(S)c2-c2nnn[nH]2)C1. The van der Waals surface area contributed by atoms with Crippen LogP contribution in [0.3, 0.4) is 0 Å². The lowest BCUT2D eigenvalue weighted by Crippen LogP contribution is -2.44. The molecule has 1 aromatic heterocycles. The van der Waals surface area contributed by atoms with Crippen LogP contribution in [0.5, 0.6) is 0 Å². The van der Waals surface area contributed by atoms with Crippen molar-refractivity contribution in [3.8, 4) is 11.4 Å². The van der Waals surface area contributed by atoms with Gasteiger partial charge in [0.2, 0.25) is 0 Å². The normalized spacial score (nSPS) is 21.8. The zero-order chi connectivity index (χ0) is 16.5. The fraction of sp³-hybridized carbons (Fsp3) is 0.533. The van der Waals surface area contributed by atoms with E-state index in [0.29, 0.717) is 17.6 Å². The molecular formula is C15H20N6OS2. The number of hydrogen-bond donors (Lipinski definition) is 4. The summed E-state index contributed by atoms with van der Waals surface area (Å²) in [4.78, 5) is 4.23. The Bertz CT molecular complexity index is 706. The van der Waals surface area contributed by atoms with E-state index in [1.807, 2.05) is 11.8 Å². The minimum atomic E-state index is -0.294. The Morgan fingerprint density at radius 1 is 1.33 bits per heavy atom. The van der Waals surface area contributed by atoms with Gasteiger partial charge in [0.25, 0.3) is 0 Å². The molecule has 3 N–H and O–H groups in total. The van der Waals surface area contributed by atoms with Crippen molar-refractivity contribution in [2.75, 3.05) is 31.1 Å². The molecule has 4 rings (SSSR count). The second-order valence-electron chi connectivity index (χ2n) is 6.20. The first kappa shape index (κ1) is 16.2. The molecule has 2 aliphatic heterocycles. The third-order valence-corrected chi connectivity index (χ3v) is 6.35. The van der Waals surface area contributed by atoms with Gasteiger partial charge in [0.05, 0.1) is 11.7 Å². The number of aromatic amines is 1. The predicted octanol–water partition coefficient (Wildman–Crippen LogP) is 1.18. The second-order valence-corrected chi connectivity index (χ2v) is 7.99. The second kappa shape index (κ2) is 6.91. The van der Waals surface area contributed by atoms with E-state index in [-0.39, 0.29) is 6.10 Å². The molecule has 2 aliphatic rings. The number of thiol groups is 1. The van der Waals surface area contributed by atoms with E-state index in [2.05, 4.69) is 43.0 Å². The molecule has 0 radical (unpaired) electrons. The van der Waals surface area contributed by atoms with Crippen molar-refractivity contribution < 1.29 is 5.11 Å². The average molecular weight is 365 g/mol. The molecule has 0 spiro atoms. The molecule has 2 saturated heterocycles. The minimum absolute atomic E-state index is 0.294. The number of anilines is 1. The summed E-state index contributed by atoms with van der Waals surface area (Å²) in [5.74, 6) is 0.615. The number of tetrazole rings is 1. The van der Waals surface area contributed by atoms with Crippen molar-refractivity contribution >= 4 is 30.1 Å². The lowest BCUT2D eigenvalue weighted by Gasteiger charge is -2.34. The van der Waals surface area contributed by atoms with Crippen molar-refractivity contribution in [2.24, 2.45) is 0 Å². The van der Waals surface area contributed by atoms with Gasteiger partial charge >= 0.3 is 0 Å². The molecule has 3 heterocycles. The molecule has 0 aliphatic carbocycles.